The molecule has 0 radical (unpaired) electrons. The van der Waals surface area contributed by atoms with E-state index in [9.17, 15) is 0 Å². The summed E-state index contributed by atoms with van der Waals surface area (Å²) >= 11 is 0. The van der Waals surface area contributed by atoms with E-state index < -0.39 is 0 Å². The van der Waals surface area contributed by atoms with E-state index >= 15 is 0 Å². The van der Waals surface area contributed by atoms with Gasteiger partial charge in [0.1, 0.15) is 0 Å². The van der Waals surface area contributed by atoms with Crippen molar-refractivity contribution in [2.45, 2.75) is 25.0 Å². The Balaban J connectivity index is 1.37. The molecule has 0 N–H and O–H groups in total. The first kappa shape index (κ1) is 9.37. The number of benzene rings is 1. The summed E-state index contributed by atoms with van der Waals surface area (Å²) in [7, 11) is 0. The van der Waals surface area contributed by atoms with Crippen LogP contribution in [0, 0.1) is 5.92 Å². The molecule has 2 fully saturated rings. The van der Waals surface area contributed by atoms with Crippen LogP contribution in [0.5, 0.6) is 0 Å². The lowest BCUT2D eigenvalue weighted by Crippen LogP contribution is -2.35. The molecule has 1 heterocycles. The van der Waals surface area contributed by atoms with Crippen LogP contribution < -0.4 is 0 Å². The van der Waals surface area contributed by atoms with Crippen molar-refractivity contribution in [2.75, 3.05) is 13.2 Å². The highest BCUT2D eigenvalue weighted by atomic mass is 16.6. The van der Waals surface area contributed by atoms with Crippen LogP contribution in [0.4, 0.5) is 0 Å². The molecule has 1 aromatic carbocycles. The second-order valence-corrected chi connectivity index (χ2v) is 4.75. The molecule has 1 aliphatic heterocycles. The van der Waals surface area contributed by atoms with Crippen molar-refractivity contribution < 1.29 is 9.47 Å². The van der Waals surface area contributed by atoms with Gasteiger partial charge in [-0.25, -0.2) is 0 Å². The van der Waals surface area contributed by atoms with Crippen molar-refractivity contribution in [3.63, 3.8) is 0 Å². The van der Waals surface area contributed by atoms with E-state index in [1.807, 2.05) is 6.07 Å². The van der Waals surface area contributed by atoms with Crippen LogP contribution in [0.1, 0.15) is 18.4 Å². The van der Waals surface area contributed by atoms with Gasteiger partial charge in [-0.15, -0.1) is 0 Å². The maximum Gasteiger partial charge on any atom is 0.0923 e. The average Bonchev–Trinajstić information content (AvgIpc) is 2.99. The van der Waals surface area contributed by atoms with Gasteiger partial charge >= 0.3 is 0 Å². The van der Waals surface area contributed by atoms with Crippen LogP contribution in [-0.2, 0) is 16.1 Å². The zero-order valence-corrected chi connectivity index (χ0v) is 8.82. The van der Waals surface area contributed by atoms with Crippen molar-refractivity contribution in [3.05, 3.63) is 35.9 Å². The Morgan fingerprint density at radius 2 is 2.00 bits per heavy atom. The first-order valence-corrected chi connectivity index (χ1v) is 5.62. The third-order valence-corrected chi connectivity index (χ3v) is 3.34. The first-order chi connectivity index (χ1) is 7.36. The van der Waals surface area contributed by atoms with Crippen LogP contribution in [0.3, 0.4) is 0 Å². The molecule has 1 aliphatic carbocycles. The summed E-state index contributed by atoms with van der Waals surface area (Å²) in [5, 5.41) is 0. The fourth-order valence-corrected chi connectivity index (χ4v) is 2.37. The van der Waals surface area contributed by atoms with Crippen LogP contribution in [0.25, 0.3) is 0 Å². The predicted molar refractivity (Wildman–Crippen MR) is 57.5 cm³/mol. The van der Waals surface area contributed by atoms with E-state index in [0.717, 1.165) is 25.7 Å². The zero-order valence-electron chi connectivity index (χ0n) is 8.82. The first-order valence-electron chi connectivity index (χ1n) is 5.62. The van der Waals surface area contributed by atoms with Crippen molar-refractivity contribution in [1.82, 2.24) is 0 Å². The third-order valence-electron chi connectivity index (χ3n) is 3.34. The molecule has 2 nitrogen and oxygen atoms in total. The highest BCUT2D eigenvalue weighted by Crippen LogP contribution is 2.49. The summed E-state index contributed by atoms with van der Waals surface area (Å²) < 4.78 is 11.1. The molecular formula is C13H16O2. The molecule has 0 bridgehead atoms. The van der Waals surface area contributed by atoms with Gasteiger partial charge in [0.2, 0.25) is 0 Å². The SMILES string of the molecule is c1ccc(COCC2CC3(CO3)C2)cc1. The number of epoxide rings is 1. The highest BCUT2D eigenvalue weighted by molar-refractivity contribution is 5.13. The molecule has 1 spiro atoms. The normalized spacial score (nSPS) is 32.7. The van der Waals surface area contributed by atoms with Crippen LogP contribution in [-0.4, -0.2) is 18.8 Å². The van der Waals surface area contributed by atoms with Crippen LogP contribution >= 0.6 is 0 Å². The molecule has 3 rings (SSSR count). The molecule has 0 amide bonds. The van der Waals surface area contributed by atoms with Gasteiger partial charge in [0.05, 0.1) is 25.4 Å². The summed E-state index contributed by atoms with van der Waals surface area (Å²) in [5.74, 6) is 0.733. The second kappa shape index (κ2) is 3.62. The van der Waals surface area contributed by atoms with Crippen LogP contribution in [0.2, 0.25) is 0 Å². The number of hydrogen-bond donors (Lipinski definition) is 0. The molecule has 2 aliphatic rings. The van der Waals surface area contributed by atoms with Gasteiger partial charge < -0.3 is 9.47 Å². The summed E-state index contributed by atoms with van der Waals surface area (Å²) in [6, 6.07) is 10.3. The Morgan fingerprint density at radius 1 is 1.27 bits per heavy atom. The van der Waals surface area contributed by atoms with E-state index in [1.54, 1.807) is 0 Å². The van der Waals surface area contributed by atoms with E-state index in [2.05, 4.69) is 24.3 Å². The number of ether oxygens (including phenoxy) is 2. The smallest absolute Gasteiger partial charge is 0.0923 e. The van der Waals surface area contributed by atoms with Gasteiger partial charge in [-0.3, -0.25) is 0 Å². The highest BCUT2D eigenvalue weighted by Gasteiger charge is 2.55. The van der Waals surface area contributed by atoms with Crippen molar-refractivity contribution in [3.8, 4) is 0 Å². The van der Waals surface area contributed by atoms with E-state index in [4.69, 9.17) is 9.47 Å². The lowest BCUT2D eigenvalue weighted by molar-refractivity contribution is 0.0199. The number of hydrogen-bond acceptors (Lipinski definition) is 2. The summed E-state index contributed by atoms with van der Waals surface area (Å²) in [6.45, 7) is 2.62. The van der Waals surface area contributed by atoms with Gasteiger partial charge in [0.15, 0.2) is 0 Å². The van der Waals surface area contributed by atoms with E-state index in [-0.39, 0.29) is 0 Å². The second-order valence-electron chi connectivity index (χ2n) is 4.75. The predicted octanol–water partition coefficient (Wildman–Crippen LogP) is 2.38. The Labute approximate surface area is 90.2 Å². The topological polar surface area (TPSA) is 21.8 Å². The Kier molecular flexibility index (Phi) is 2.26. The quantitative estimate of drug-likeness (QED) is 0.702. The molecule has 1 saturated heterocycles. The van der Waals surface area contributed by atoms with Crippen molar-refractivity contribution >= 4 is 0 Å². The third kappa shape index (κ3) is 2.06. The number of rotatable bonds is 4. The Bertz CT molecular complexity index is 322. The average molecular weight is 204 g/mol. The van der Waals surface area contributed by atoms with Crippen molar-refractivity contribution in [2.24, 2.45) is 5.92 Å². The van der Waals surface area contributed by atoms with Gasteiger partial charge in [0.25, 0.3) is 0 Å². The van der Waals surface area contributed by atoms with Gasteiger partial charge in [-0.2, -0.15) is 0 Å². The fourth-order valence-electron chi connectivity index (χ4n) is 2.37. The van der Waals surface area contributed by atoms with Gasteiger partial charge in [-0.05, 0) is 24.3 Å². The Hall–Kier alpha value is -0.860. The van der Waals surface area contributed by atoms with Crippen molar-refractivity contribution in [1.29, 1.82) is 0 Å². The zero-order chi connectivity index (χ0) is 10.1. The maximum atomic E-state index is 5.69. The standard InChI is InChI=1S/C13H16O2/c1-2-4-11(5-3-1)8-14-9-12-6-13(7-12)10-15-13/h1-5,12H,6-10H2. The van der Waals surface area contributed by atoms with E-state index in [0.29, 0.717) is 5.60 Å². The minimum Gasteiger partial charge on any atom is -0.376 e. The lowest BCUT2D eigenvalue weighted by Gasteiger charge is -2.32. The summed E-state index contributed by atoms with van der Waals surface area (Å²) in [4.78, 5) is 0. The summed E-state index contributed by atoms with van der Waals surface area (Å²) in [5.41, 5.74) is 1.58. The van der Waals surface area contributed by atoms with Gasteiger partial charge in [0, 0.05) is 0 Å². The van der Waals surface area contributed by atoms with Crippen LogP contribution in [0.15, 0.2) is 30.3 Å². The maximum absolute atomic E-state index is 5.69. The Morgan fingerprint density at radius 3 is 2.67 bits per heavy atom. The molecule has 0 aromatic heterocycles. The molecule has 80 valence electrons. The molecule has 15 heavy (non-hydrogen) atoms. The monoisotopic (exact) mass is 204 g/mol. The molecule has 0 unspecified atom stereocenters. The minimum atomic E-state index is 0.320. The molecular weight excluding hydrogens is 188 g/mol. The molecule has 0 atom stereocenters. The minimum absolute atomic E-state index is 0.320. The largest absolute Gasteiger partial charge is 0.376 e. The lowest BCUT2D eigenvalue weighted by atomic mass is 9.75. The molecule has 1 aromatic rings. The molecule has 1 saturated carbocycles. The molecule has 2 heteroatoms. The van der Waals surface area contributed by atoms with E-state index in [1.165, 1.54) is 18.4 Å². The fraction of sp³-hybridized carbons (Fsp3) is 0.538. The summed E-state index contributed by atoms with van der Waals surface area (Å²) in [6.07, 6.45) is 2.42. The van der Waals surface area contributed by atoms with Gasteiger partial charge in [-0.1, -0.05) is 30.3 Å².